The van der Waals surface area contributed by atoms with Crippen molar-refractivity contribution >= 4 is 11.7 Å². The molecule has 1 aromatic heterocycles. The van der Waals surface area contributed by atoms with Gasteiger partial charge in [0.15, 0.2) is 0 Å². The fourth-order valence-corrected chi connectivity index (χ4v) is 3.82. The van der Waals surface area contributed by atoms with Crippen LogP contribution in [0.4, 0.5) is 5.82 Å². The number of carbonyl (C=O) groups is 1. The summed E-state index contributed by atoms with van der Waals surface area (Å²) in [6, 6.07) is 8.54. The summed E-state index contributed by atoms with van der Waals surface area (Å²) in [6.07, 6.45) is 6.67. The fourth-order valence-electron chi connectivity index (χ4n) is 3.82. The number of rotatable bonds is 2. The van der Waals surface area contributed by atoms with Crippen LogP contribution in [0.5, 0.6) is 0 Å². The second-order valence-electron chi connectivity index (χ2n) is 7.20. The van der Waals surface area contributed by atoms with Crippen LogP contribution in [0.15, 0.2) is 36.7 Å². The Hall–Kier alpha value is -2.43. The van der Waals surface area contributed by atoms with Crippen LogP contribution in [-0.4, -0.2) is 40.4 Å². The minimum Gasteiger partial charge on any atom is -0.351 e. The Balaban J connectivity index is 1.46. The molecule has 25 heavy (non-hydrogen) atoms. The molecule has 1 saturated heterocycles. The van der Waals surface area contributed by atoms with Crippen molar-refractivity contribution in [2.75, 3.05) is 24.5 Å². The molecule has 1 amide bonds. The molecule has 2 aliphatic heterocycles. The van der Waals surface area contributed by atoms with Crippen molar-refractivity contribution in [3.05, 3.63) is 53.5 Å². The number of hydrogen-bond donors (Lipinski definition) is 0. The van der Waals surface area contributed by atoms with Gasteiger partial charge in [0.1, 0.15) is 11.5 Å². The van der Waals surface area contributed by atoms with Gasteiger partial charge < -0.3 is 9.80 Å². The van der Waals surface area contributed by atoms with E-state index in [1.165, 1.54) is 17.5 Å². The summed E-state index contributed by atoms with van der Waals surface area (Å²) in [5.74, 6) is 1.42. The van der Waals surface area contributed by atoms with Gasteiger partial charge in [-0.25, -0.2) is 9.97 Å². The zero-order chi connectivity index (χ0) is 17.2. The number of anilines is 1. The van der Waals surface area contributed by atoms with E-state index in [1.54, 1.807) is 12.4 Å². The standard InChI is InChI=1S/C20H24N4O/c1-15-5-4-9-24(13-15)20(25)18-11-22-19(12-21-18)23-10-8-16-6-2-3-7-17(16)14-23/h2-3,6-7,11-12,15H,4-5,8-10,13-14H2,1H3. The van der Waals surface area contributed by atoms with Gasteiger partial charge in [-0.1, -0.05) is 31.2 Å². The van der Waals surface area contributed by atoms with Crippen molar-refractivity contribution in [3.63, 3.8) is 0 Å². The van der Waals surface area contributed by atoms with E-state index in [1.807, 2.05) is 4.90 Å². The lowest BCUT2D eigenvalue weighted by molar-refractivity contribution is 0.0676. The third kappa shape index (κ3) is 3.36. The highest BCUT2D eigenvalue weighted by Gasteiger charge is 2.24. The number of hydrogen-bond acceptors (Lipinski definition) is 4. The first-order valence-corrected chi connectivity index (χ1v) is 9.14. The number of amides is 1. The van der Waals surface area contributed by atoms with Crippen molar-refractivity contribution in [3.8, 4) is 0 Å². The Morgan fingerprint density at radius 2 is 1.96 bits per heavy atom. The number of piperidine rings is 1. The summed E-state index contributed by atoms with van der Waals surface area (Å²) < 4.78 is 0. The number of carbonyl (C=O) groups excluding carboxylic acids is 1. The highest BCUT2D eigenvalue weighted by atomic mass is 16.2. The first-order valence-electron chi connectivity index (χ1n) is 9.14. The van der Waals surface area contributed by atoms with E-state index in [0.717, 1.165) is 44.8 Å². The van der Waals surface area contributed by atoms with Gasteiger partial charge in [0.05, 0.1) is 12.4 Å². The normalized spacial score (nSPS) is 20.3. The van der Waals surface area contributed by atoms with Crippen LogP contribution >= 0.6 is 0 Å². The van der Waals surface area contributed by atoms with Gasteiger partial charge in [0.2, 0.25) is 0 Å². The molecule has 0 spiro atoms. The molecule has 1 fully saturated rings. The molecule has 1 atom stereocenters. The van der Waals surface area contributed by atoms with Gasteiger partial charge in [-0.15, -0.1) is 0 Å². The van der Waals surface area contributed by atoms with Crippen LogP contribution < -0.4 is 4.90 Å². The van der Waals surface area contributed by atoms with E-state index in [0.29, 0.717) is 11.6 Å². The van der Waals surface area contributed by atoms with Crippen LogP contribution in [0.1, 0.15) is 41.4 Å². The molecule has 2 aromatic rings. The predicted molar refractivity (Wildman–Crippen MR) is 97.5 cm³/mol. The minimum atomic E-state index is 0.00888. The number of benzene rings is 1. The van der Waals surface area contributed by atoms with Gasteiger partial charge in [0.25, 0.3) is 5.91 Å². The SMILES string of the molecule is CC1CCCN(C(=O)c2cnc(N3CCc4ccccc4C3)cn2)C1. The topological polar surface area (TPSA) is 49.3 Å². The molecule has 3 heterocycles. The Morgan fingerprint density at radius 1 is 1.12 bits per heavy atom. The summed E-state index contributed by atoms with van der Waals surface area (Å²) in [6.45, 7) is 5.63. The Labute approximate surface area is 148 Å². The lowest BCUT2D eigenvalue weighted by Gasteiger charge is -2.31. The molecule has 2 aliphatic rings. The molecule has 0 bridgehead atoms. The van der Waals surface area contributed by atoms with E-state index in [4.69, 9.17) is 0 Å². The quantitative estimate of drug-likeness (QED) is 0.846. The Kier molecular flexibility index (Phi) is 4.38. The van der Waals surface area contributed by atoms with Crippen molar-refractivity contribution in [1.82, 2.24) is 14.9 Å². The predicted octanol–water partition coefficient (Wildman–Crippen LogP) is 2.91. The largest absolute Gasteiger partial charge is 0.351 e. The number of fused-ring (bicyclic) bond motifs is 1. The summed E-state index contributed by atoms with van der Waals surface area (Å²) >= 11 is 0. The van der Waals surface area contributed by atoms with Crippen molar-refractivity contribution in [1.29, 1.82) is 0 Å². The smallest absolute Gasteiger partial charge is 0.274 e. The molecule has 0 aliphatic carbocycles. The molecule has 0 radical (unpaired) electrons. The second kappa shape index (κ2) is 6.82. The molecule has 5 nitrogen and oxygen atoms in total. The van der Waals surface area contributed by atoms with Gasteiger partial charge in [0, 0.05) is 26.2 Å². The van der Waals surface area contributed by atoms with Gasteiger partial charge in [-0.3, -0.25) is 4.79 Å². The number of nitrogens with zero attached hydrogens (tertiary/aromatic N) is 4. The molecular weight excluding hydrogens is 312 g/mol. The molecular formula is C20H24N4O. The van der Waals surface area contributed by atoms with Gasteiger partial charge in [-0.05, 0) is 36.3 Å². The molecule has 1 aromatic carbocycles. The summed E-state index contributed by atoms with van der Waals surface area (Å²) in [5.41, 5.74) is 3.21. The van der Waals surface area contributed by atoms with Gasteiger partial charge in [-0.2, -0.15) is 0 Å². The third-order valence-electron chi connectivity index (χ3n) is 5.26. The average molecular weight is 336 g/mol. The highest BCUT2D eigenvalue weighted by Crippen LogP contribution is 2.23. The van der Waals surface area contributed by atoms with Crippen LogP contribution in [0.25, 0.3) is 0 Å². The van der Waals surface area contributed by atoms with E-state index in [9.17, 15) is 4.79 Å². The maximum atomic E-state index is 12.6. The lowest BCUT2D eigenvalue weighted by atomic mass is 10.00. The molecule has 4 rings (SSSR count). The first-order chi connectivity index (χ1) is 12.2. The molecule has 0 saturated carbocycles. The molecule has 0 N–H and O–H groups in total. The summed E-state index contributed by atoms with van der Waals surface area (Å²) in [7, 11) is 0. The van der Waals surface area contributed by atoms with Crippen LogP contribution in [0.3, 0.4) is 0 Å². The van der Waals surface area contributed by atoms with Crippen molar-refractivity contribution in [2.24, 2.45) is 5.92 Å². The molecule has 130 valence electrons. The monoisotopic (exact) mass is 336 g/mol. The second-order valence-corrected chi connectivity index (χ2v) is 7.20. The van der Waals surface area contributed by atoms with E-state index >= 15 is 0 Å². The maximum absolute atomic E-state index is 12.6. The zero-order valence-corrected chi connectivity index (χ0v) is 14.7. The van der Waals surface area contributed by atoms with Crippen LogP contribution in [-0.2, 0) is 13.0 Å². The summed E-state index contributed by atoms with van der Waals surface area (Å²) in [5, 5.41) is 0. The lowest BCUT2D eigenvalue weighted by Crippen LogP contribution is -2.39. The highest BCUT2D eigenvalue weighted by molar-refractivity contribution is 5.92. The van der Waals surface area contributed by atoms with Crippen molar-refractivity contribution < 1.29 is 4.79 Å². The minimum absolute atomic E-state index is 0.00888. The number of aromatic nitrogens is 2. The molecule has 1 unspecified atom stereocenters. The van der Waals surface area contributed by atoms with Gasteiger partial charge >= 0.3 is 0 Å². The van der Waals surface area contributed by atoms with Crippen LogP contribution in [0.2, 0.25) is 0 Å². The van der Waals surface area contributed by atoms with Crippen LogP contribution in [0, 0.1) is 5.92 Å². The third-order valence-corrected chi connectivity index (χ3v) is 5.26. The Morgan fingerprint density at radius 3 is 2.72 bits per heavy atom. The number of likely N-dealkylation sites (tertiary alicyclic amines) is 1. The van der Waals surface area contributed by atoms with E-state index < -0.39 is 0 Å². The van der Waals surface area contributed by atoms with Crippen molar-refractivity contribution in [2.45, 2.75) is 32.7 Å². The van der Waals surface area contributed by atoms with E-state index in [-0.39, 0.29) is 5.91 Å². The maximum Gasteiger partial charge on any atom is 0.274 e. The first kappa shape index (κ1) is 16.1. The Bertz CT molecular complexity index is 759. The summed E-state index contributed by atoms with van der Waals surface area (Å²) in [4.78, 5) is 25.7. The fraction of sp³-hybridized carbons (Fsp3) is 0.450. The zero-order valence-electron chi connectivity index (χ0n) is 14.7. The van der Waals surface area contributed by atoms with E-state index in [2.05, 4.69) is 46.1 Å². The molecule has 5 heteroatoms. The average Bonchev–Trinajstić information content (AvgIpc) is 2.67.